The number of methoxy groups -OCH3 is 1. The molecule has 1 saturated heterocycles. The fourth-order valence-corrected chi connectivity index (χ4v) is 5.94. The zero-order chi connectivity index (χ0) is 26.2. The molecule has 2 aromatic carbocycles. The molecule has 1 aliphatic carbocycles. The molecule has 3 amide bonds. The number of amides is 3. The van der Waals surface area contributed by atoms with Gasteiger partial charge >= 0.3 is 5.97 Å². The highest BCUT2D eigenvalue weighted by molar-refractivity contribution is 6.10. The Morgan fingerprint density at radius 3 is 2.41 bits per heavy atom. The minimum Gasteiger partial charge on any atom is -0.497 e. The first kappa shape index (κ1) is 24.8. The van der Waals surface area contributed by atoms with Crippen LogP contribution < -0.4 is 10.1 Å². The Morgan fingerprint density at radius 2 is 1.73 bits per heavy atom. The second kappa shape index (κ2) is 9.88. The number of aliphatic carboxylic acids is 1. The van der Waals surface area contributed by atoms with Gasteiger partial charge in [0, 0.05) is 19.5 Å². The third-order valence-corrected chi connectivity index (χ3v) is 7.94. The van der Waals surface area contributed by atoms with E-state index in [9.17, 15) is 24.3 Å². The van der Waals surface area contributed by atoms with E-state index in [-0.39, 0.29) is 43.7 Å². The van der Waals surface area contributed by atoms with E-state index in [2.05, 4.69) is 5.32 Å². The molecule has 2 aliphatic heterocycles. The molecule has 2 heterocycles. The van der Waals surface area contributed by atoms with Gasteiger partial charge in [-0.2, -0.15) is 0 Å². The van der Waals surface area contributed by atoms with Crippen LogP contribution in [-0.4, -0.2) is 71.4 Å². The molecule has 37 heavy (non-hydrogen) atoms. The van der Waals surface area contributed by atoms with Gasteiger partial charge in [-0.15, -0.1) is 0 Å². The van der Waals surface area contributed by atoms with Crippen molar-refractivity contribution in [2.75, 3.05) is 32.1 Å². The van der Waals surface area contributed by atoms with Crippen LogP contribution in [0.15, 0.2) is 42.5 Å². The molecule has 0 aromatic heterocycles. The maximum absolute atomic E-state index is 13.6. The number of nitrogens with one attached hydrogen (secondary N) is 1. The van der Waals surface area contributed by atoms with Gasteiger partial charge in [0.2, 0.25) is 11.8 Å². The Labute approximate surface area is 215 Å². The summed E-state index contributed by atoms with van der Waals surface area (Å²) in [4.78, 5) is 54.6. The summed E-state index contributed by atoms with van der Waals surface area (Å²) in [5.74, 6) is -0.882. The van der Waals surface area contributed by atoms with Gasteiger partial charge in [-0.05, 0) is 53.6 Å². The number of hydrogen-bond donors (Lipinski definition) is 2. The molecule has 1 atom stereocenters. The number of carbonyl (C=O) groups excluding carboxylic acids is 3. The Morgan fingerprint density at radius 1 is 1.03 bits per heavy atom. The van der Waals surface area contributed by atoms with Gasteiger partial charge in [0.05, 0.1) is 31.3 Å². The van der Waals surface area contributed by atoms with Crippen LogP contribution in [0, 0.1) is 5.41 Å². The Kier molecular flexibility index (Phi) is 6.62. The number of nitrogens with zero attached hydrogens (tertiary/aromatic N) is 2. The van der Waals surface area contributed by atoms with Crippen molar-refractivity contribution in [1.82, 2.24) is 9.80 Å². The largest absolute Gasteiger partial charge is 0.497 e. The molecule has 2 aromatic rings. The molecule has 2 N–H and O–H groups in total. The van der Waals surface area contributed by atoms with E-state index >= 15 is 0 Å². The average Bonchev–Trinajstić information content (AvgIpc) is 3.31. The molecule has 2 fully saturated rings. The number of piperazine rings is 1. The van der Waals surface area contributed by atoms with Crippen LogP contribution in [0.3, 0.4) is 0 Å². The minimum atomic E-state index is -0.889. The van der Waals surface area contributed by atoms with E-state index in [1.165, 1.54) is 0 Å². The van der Waals surface area contributed by atoms with Crippen molar-refractivity contribution < 1.29 is 29.0 Å². The zero-order valence-corrected chi connectivity index (χ0v) is 20.9. The van der Waals surface area contributed by atoms with E-state index in [1.54, 1.807) is 29.0 Å². The first-order valence-electron chi connectivity index (χ1n) is 12.7. The predicted octanol–water partition coefficient (Wildman–Crippen LogP) is 3.39. The second-order valence-electron chi connectivity index (χ2n) is 10.3. The number of fused-ring (bicyclic) bond motifs is 2. The van der Waals surface area contributed by atoms with Crippen LogP contribution in [0.4, 0.5) is 5.69 Å². The van der Waals surface area contributed by atoms with Crippen molar-refractivity contribution >= 4 is 29.4 Å². The van der Waals surface area contributed by atoms with Gasteiger partial charge < -0.3 is 25.0 Å². The lowest BCUT2D eigenvalue weighted by Gasteiger charge is -2.40. The van der Waals surface area contributed by atoms with E-state index in [1.807, 2.05) is 30.3 Å². The van der Waals surface area contributed by atoms with Crippen molar-refractivity contribution in [2.45, 2.75) is 44.6 Å². The van der Waals surface area contributed by atoms with Crippen LogP contribution in [0.1, 0.15) is 48.9 Å². The molecule has 0 unspecified atom stereocenters. The summed E-state index contributed by atoms with van der Waals surface area (Å²) in [6, 6.07) is 12.1. The predicted molar refractivity (Wildman–Crippen MR) is 136 cm³/mol. The molecular formula is C28H31N3O6. The normalized spacial score (nSPS) is 20.5. The van der Waals surface area contributed by atoms with Crippen LogP contribution in [0.25, 0.3) is 11.1 Å². The van der Waals surface area contributed by atoms with Gasteiger partial charge in [-0.25, -0.2) is 0 Å². The molecule has 9 heteroatoms. The highest BCUT2D eigenvalue weighted by Gasteiger charge is 2.43. The molecule has 194 valence electrons. The van der Waals surface area contributed by atoms with Gasteiger partial charge in [0.1, 0.15) is 11.8 Å². The number of rotatable bonds is 6. The van der Waals surface area contributed by atoms with Gasteiger partial charge in [-0.3, -0.25) is 19.2 Å². The van der Waals surface area contributed by atoms with Crippen molar-refractivity contribution in [1.29, 1.82) is 0 Å². The van der Waals surface area contributed by atoms with Crippen molar-refractivity contribution in [3.05, 3.63) is 48.0 Å². The van der Waals surface area contributed by atoms with Crippen LogP contribution in [0.5, 0.6) is 5.75 Å². The molecular weight excluding hydrogens is 474 g/mol. The second-order valence-corrected chi connectivity index (χ2v) is 10.3. The smallest absolute Gasteiger partial charge is 0.303 e. The number of carboxylic acids is 1. The van der Waals surface area contributed by atoms with E-state index < -0.39 is 17.4 Å². The molecule has 0 spiro atoms. The Bertz CT molecular complexity index is 1230. The molecule has 5 rings (SSSR count). The van der Waals surface area contributed by atoms with Crippen LogP contribution in [0.2, 0.25) is 0 Å². The highest BCUT2D eigenvalue weighted by Crippen LogP contribution is 2.44. The number of ether oxygens (including phenoxy) is 1. The maximum Gasteiger partial charge on any atom is 0.303 e. The minimum absolute atomic E-state index is 0.0209. The van der Waals surface area contributed by atoms with Crippen molar-refractivity contribution in [3.8, 4) is 16.9 Å². The van der Waals surface area contributed by atoms with Crippen molar-refractivity contribution in [2.24, 2.45) is 5.41 Å². The van der Waals surface area contributed by atoms with E-state index in [0.717, 1.165) is 42.6 Å². The quantitative estimate of drug-likeness (QED) is 0.622. The van der Waals surface area contributed by atoms with Crippen LogP contribution in [-0.2, 0) is 14.4 Å². The Hall–Kier alpha value is -3.88. The number of anilines is 1. The summed E-state index contributed by atoms with van der Waals surface area (Å²) in [5.41, 5.74) is 2.11. The zero-order valence-electron chi connectivity index (χ0n) is 20.9. The first-order valence-corrected chi connectivity index (χ1v) is 12.7. The molecule has 0 radical (unpaired) electrons. The molecule has 0 bridgehead atoms. The van der Waals surface area contributed by atoms with Gasteiger partial charge in [0.15, 0.2) is 0 Å². The summed E-state index contributed by atoms with van der Waals surface area (Å²) >= 11 is 0. The summed E-state index contributed by atoms with van der Waals surface area (Å²) in [6.45, 7) is 0.644. The lowest BCUT2D eigenvalue weighted by atomic mass is 9.79. The number of carboxylic acid groups (broad SMARTS) is 1. The standard InChI is InChI=1S/C28H31N3O6/c1-37-20-7-4-18(5-8-20)19-6-9-22-21(14-19)27(36)31-13-12-30(17-23(31)26(35)29-22)24(32)15-28(16-25(33)34)10-2-3-11-28/h4-9,14,23H,2-3,10-13,15-17H2,1H3,(H,29,35)(H,33,34)/t23-/m0/s1. The average molecular weight is 506 g/mol. The summed E-state index contributed by atoms with van der Waals surface area (Å²) in [6.07, 6.45) is 3.42. The van der Waals surface area contributed by atoms with Crippen LogP contribution >= 0.6 is 0 Å². The molecule has 3 aliphatic rings. The third kappa shape index (κ3) is 4.90. The summed E-state index contributed by atoms with van der Waals surface area (Å²) in [5, 5.41) is 12.3. The number of carbonyl (C=O) groups is 4. The Balaban J connectivity index is 1.34. The maximum atomic E-state index is 13.6. The number of benzene rings is 2. The topological polar surface area (TPSA) is 116 Å². The number of hydrogen-bond acceptors (Lipinski definition) is 5. The molecule has 1 saturated carbocycles. The lowest BCUT2D eigenvalue weighted by Crippen LogP contribution is -2.59. The van der Waals surface area contributed by atoms with E-state index in [4.69, 9.17) is 4.74 Å². The summed E-state index contributed by atoms with van der Waals surface area (Å²) in [7, 11) is 1.60. The fourth-order valence-electron chi connectivity index (χ4n) is 5.94. The summed E-state index contributed by atoms with van der Waals surface area (Å²) < 4.78 is 5.22. The highest BCUT2D eigenvalue weighted by atomic mass is 16.5. The van der Waals surface area contributed by atoms with Gasteiger partial charge in [0.25, 0.3) is 5.91 Å². The third-order valence-electron chi connectivity index (χ3n) is 7.94. The van der Waals surface area contributed by atoms with E-state index in [0.29, 0.717) is 17.8 Å². The monoisotopic (exact) mass is 505 g/mol. The van der Waals surface area contributed by atoms with Gasteiger partial charge in [-0.1, -0.05) is 31.0 Å². The fraction of sp³-hybridized carbons (Fsp3) is 0.429. The van der Waals surface area contributed by atoms with Crippen molar-refractivity contribution in [3.63, 3.8) is 0 Å². The first-order chi connectivity index (χ1) is 17.8. The lowest BCUT2D eigenvalue weighted by molar-refractivity contribution is -0.142. The molecule has 9 nitrogen and oxygen atoms in total. The SMILES string of the molecule is COc1ccc(-c2ccc3c(c2)C(=O)N2CCN(C(=O)CC4(CC(=O)O)CCCC4)C[C@H]2C(=O)N3)cc1.